The Morgan fingerprint density at radius 1 is 0.762 bits per heavy atom. The smallest absolute Gasteiger partial charge is 0.00916 e. The molecule has 0 unspecified atom stereocenters. The maximum atomic E-state index is 2.26. The largest absolute Gasteiger partial charge is 0.0877 e. The van der Waals surface area contributed by atoms with Gasteiger partial charge in [-0.15, -0.1) is 0 Å². The number of rotatable bonds is 6. The minimum atomic E-state index is 1.01. The van der Waals surface area contributed by atoms with Crippen molar-refractivity contribution in [3.8, 4) is 0 Å². The van der Waals surface area contributed by atoms with Gasteiger partial charge in [-0.05, 0) is 55.4 Å². The van der Waals surface area contributed by atoms with Crippen LogP contribution in [0.1, 0.15) is 29.2 Å². The van der Waals surface area contributed by atoms with Gasteiger partial charge in [0.2, 0.25) is 0 Å². The molecule has 0 spiro atoms. The fraction of sp³-hybridized carbons (Fsp3) is 0.238. The molecule has 0 fully saturated rings. The third-order valence-corrected chi connectivity index (χ3v) is 3.82. The first kappa shape index (κ1) is 15.3. The normalized spacial score (nSPS) is 11.5. The van der Waals surface area contributed by atoms with Crippen molar-refractivity contribution in [1.29, 1.82) is 0 Å². The molecule has 0 aromatic heterocycles. The van der Waals surface area contributed by atoms with Gasteiger partial charge in [0, 0.05) is 0 Å². The second kappa shape index (κ2) is 8.26. The van der Waals surface area contributed by atoms with Crippen molar-refractivity contribution in [1.82, 2.24) is 0 Å². The molecule has 2 aromatic carbocycles. The third kappa shape index (κ3) is 4.75. The van der Waals surface area contributed by atoms with Gasteiger partial charge >= 0.3 is 0 Å². The lowest BCUT2D eigenvalue weighted by atomic mass is 9.96. The van der Waals surface area contributed by atoms with Crippen LogP contribution in [-0.4, -0.2) is 0 Å². The van der Waals surface area contributed by atoms with E-state index in [0.717, 1.165) is 19.3 Å². The van der Waals surface area contributed by atoms with E-state index in [4.69, 9.17) is 0 Å². The summed E-state index contributed by atoms with van der Waals surface area (Å²) in [5, 5.41) is 0. The predicted molar refractivity (Wildman–Crippen MR) is 92.7 cm³/mol. The molecule has 0 saturated carbocycles. The van der Waals surface area contributed by atoms with Crippen molar-refractivity contribution in [2.24, 2.45) is 0 Å². The summed E-state index contributed by atoms with van der Waals surface area (Å²) in [6.45, 7) is 4.24. The summed E-state index contributed by atoms with van der Waals surface area (Å²) < 4.78 is 0. The molecule has 2 aromatic rings. The number of aryl methyl sites for hydroxylation is 3. The van der Waals surface area contributed by atoms with E-state index in [-0.39, 0.29) is 0 Å². The van der Waals surface area contributed by atoms with Crippen molar-refractivity contribution >= 4 is 0 Å². The zero-order valence-corrected chi connectivity index (χ0v) is 13.0. The first-order chi connectivity index (χ1) is 10.3. The molecule has 0 amide bonds. The lowest BCUT2D eigenvalue weighted by Crippen LogP contribution is -1.97. The van der Waals surface area contributed by atoms with Crippen LogP contribution in [0.5, 0.6) is 0 Å². The van der Waals surface area contributed by atoms with E-state index in [2.05, 4.69) is 79.8 Å². The molecule has 0 aliphatic rings. The van der Waals surface area contributed by atoms with Crippen LogP contribution in [0.3, 0.4) is 0 Å². The zero-order chi connectivity index (χ0) is 14.9. The average molecular weight is 276 g/mol. The molecule has 0 radical (unpaired) electrons. The Hall–Kier alpha value is -2.08. The SMILES string of the molecule is CC=CC=CCc1ccccc1CCc1ccccc1C. The van der Waals surface area contributed by atoms with E-state index in [1.165, 1.54) is 22.3 Å². The Bertz CT molecular complexity index is 617. The van der Waals surface area contributed by atoms with Crippen LogP contribution in [0.4, 0.5) is 0 Å². The van der Waals surface area contributed by atoms with E-state index in [1.54, 1.807) is 0 Å². The van der Waals surface area contributed by atoms with Crippen LogP contribution in [-0.2, 0) is 19.3 Å². The van der Waals surface area contributed by atoms with Crippen molar-refractivity contribution in [3.63, 3.8) is 0 Å². The second-order valence-corrected chi connectivity index (χ2v) is 5.35. The fourth-order valence-electron chi connectivity index (χ4n) is 2.55. The number of benzene rings is 2. The Morgan fingerprint density at radius 3 is 2.10 bits per heavy atom. The fourth-order valence-corrected chi connectivity index (χ4v) is 2.55. The summed E-state index contributed by atoms with van der Waals surface area (Å²) in [7, 11) is 0. The highest BCUT2D eigenvalue weighted by Crippen LogP contribution is 2.15. The minimum Gasteiger partial charge on any atom is -0.0877 e. The van der Waals surface area contributed by atoms with E-state index >= 15 is 0 Å². The summed E-state index contributed by atoms with van der Waals surface area (Å²) >= 11 is 0. The Labute approximate surface area is 128 Å². The summed E-state index contributed by atoms with van der Waals surface area (Å²) in [5.41, 5.74) is 5.75. The molecule has 0 heterocycles. The van der Waals surface area contributed by atoms with Gasteiger partial charge < -0.3 is 0 Å². The topological polar surface area (TPSA) is 0 Å². The van der Waals surface area contributed by atoms with Gasteiger partial charge in [-0.3, -0.25) is 0 Å². The van der Waals surface area contributed by atoms with Crippen LogP contribution < -0.4 is 0 Å². The molecule has 108 valence electrons. The van der Waals surface area contributed by atoms with E-state index < -0.39 is 0 Å². The molecule has 0 aliphatic carbocycles. The van der Waals surface area contributed by atoms with Crippen molar-refractivity contribution in [2.75, 3.05) is 0 Å². The summed E-state index contributed by atoms with van der Waals surface area (Å²) in [4.78, 5) is 0. The molecule has 0 N–H and O–H groups in total. The van der Waals surface area contributed by atoms with Crippen LogP contribution in [0.15, 0.2) is 72.8 Å². The molecule has 0 saturated heterocycles. The maximum Gasteiger partial charge on any atom is -0.00916 e. The summed E-state index contributed by atoms with van der Waals surface area (Å²) in [5.74, 6) is 0. The molecule has 0 heteroatoms. The Kier molecular flexibility index (Phi) is 6.02. The van der Waals surface area contributed by atoms with Gasteiger partial charge in [-0.2, -0.15) is 0 Å². The molecule has 0 atom stereocenters. The predicted octanol–water partition coefficient (Wildman–Crippen LogP) is 5.46. The quantitative estimate of drug-likeness (QED) is 0.615. The third-order valence-electron chi connectivity index (χ3n) is 3.82. The first-order valence-corrected chi connectivity index (χ1v) is 7.70. The van der Waals surface area contributed by atoms with Crippen LogP contribution in [0, 0.1) is 6.92 Å². The van der Waals surface area contributed by atoms with E-state index in [1.807, 2.05) is 6.92 Å². The standard InChI is InChI=1S/C21H24/c1-3-4-5-6-13-20-14-9-10-15-21(20)17-16-19-12-8-7-11-18(19)2/h3-12,14-15H,13,16-17H2,1-2H3. The molecule has 0 bridgehead atoms. The molecular weight excluding hydrogens is 252 g/mol. The van der Waals surface area contributed by atoms with Crippen molar-refractivity contribution in [3.05, 3.63) is 95.1 Å². The summed E-state index contributed by atoms with van der Waals surface area (Å²) in [6.07, 6.45) is 11.7. The minimum absolute atomic E-state index is 1.01. The maximum absolute atomic E-state index is 2.26. The van der Waals surface area contributed by atoms with Gasteiger partial charge in [0.05, 0.1) is 0 Å². The zero-order valence-electron chi connectivity index (χ0n) is 13.0. The average Bonchev–Trinajstić information content (AvgIpc) is 2.52. The highest BCUT2D eigenvalue weighted by atomic mass is 14.1. The lowest BCUT2D eigenvalue weighted by molar-refractivity contribution is 0.932. The van der Waals surface area contributed by atoms with Crippen LogP contribution in [0.2, 0.25) is 0 Å². The lowest BCUT2D eigenvalue weighted by Gasteiger charge is -2.09. The van der Waals surface area contributed by atoms with Gasteiger partial charge in [0.15, 0.2) is 0 Å². The first-order valence-electron chi connectivity index (χ1n) is 7.70. The van der Waals surface area contributed by atoms with E-state index in [9.17, 15) is 0 Å². The Balaban J connectivity index is 2.04. The van der Waals surface area contributed by atoms with Crippen LogP contribution >= 0.6 is 0 Å². The molecule has 2 rings (SSSR count). The number of allylic oxidation sites excluding steroid dienone is 4. The van der Waals surface area contributed by atoms with Crippen LogP contribution in [0.25, 0.3) is 0 Å². The van der Waals surface area contributed by atoms with Gasteiger partial charge in [-0.1, -0.05) is 72.8 Å². The van der Waals surface area contributed by atoms with Crippen molar-refractivity contribution < 1.29 is 0 Å². The Morgan fingerprint density at radius 2 is 1.38 bits per heavy atom. The monoisotopic (exact) mass is 276 g/mol. The number of hydrogen-bond acceptors (Lipinski definition) is 0. The molecule has 21 heavy (non-hydrogen) atoms. The highest BCUT2D eigenvalue weighted by molar-refractivity contribution is 5.32. The van der Waals surface area contributed by atoms with Gasteiger partial charge in [-0.25, -0.2) is 0 Å². The molecular formula is C21H24. The van der Waals surface area contributed by atoms with Gasteiger partial charge in [0.1, 0.15) is 0 Å². The number of hydrogen-bond donors (Lipinski definition) is 0. The van der Waals surface area contributed by atoms with Crippen molar-refractivity contribution in [2.45, 2.75) is 33.1 Å². The van der Waals surface area contributed by atoms with Gasteiger partial charge in [0.25, 0.3) is 0 Å². The second-order valence-electron chi connectivity index (χ2n) is 5.35. The summed E-state index contributed by atoms with van der Waals surface area (Å²) in [6, 6.07) is 17.5. The highest BCUT2D eigenvalue weighted by Gasteiger charge is 2.02. The van der Waals surface area contributed by atoms with E-state index in [0.29, 0.717) is 0 Å². The molecule has 0 nitrogen and oxygen atoms in total. The molecule has 0 aliphatic heterocycles.